The van der Waals surface area contributed by atoms with Crippen LogP contribution in [-0.2, 0) is 24.2 Å². The van der Waals surface area contributed by atoms with E-state index in [0.717, 1.165) is 24.0 Å². The monoisotopic (exact) mass is 476 g/mol. The van der Waals surface area contributed by atoms with E-state index in [2.05, 4.69) is 5.32 Å². The Labute approximate surface area is 180 Å². The van der Waals surface area contributed by atoms with Crippen molar-refractivity contribution in [1.29, 1.82) is 0 Å². The van der Waals surface area contributed by atoms with Crippen LogP contribution in [0.5, 0.6) is 11.5 Å². The van der Waals surface area contributed by atoms with Crippen LogP contribution in [0.3, 0.4) is 0 Å². The van der Waals surface area contributed by atoms with Crippen LogP contribution < -0.4 is 5.32 Å². The molecular formula is C17H17ClN2O10S. The molecule has 2 amide bonds. The molecule has 2 aliphatic heterocycles. The highest BCUT2D eigenvalue weighted by atomic mass is 35.5. The number of ketones is 1. The number of ether oxygens (including phenoxy) is 1. The molecule has 0 saturated carbocycles. The van der Waals surface area contributed by atoms with Crippen LogP contribution in [0.1, 0.15) is 23.7 Å². The van der Waals surface area contributed by atoms with E-state index >= 15 is 0 Å². The molecule has 0 bridgehead atoms. The Balaban J connectivity index is 1.65. The molecule has 2 aliphatic rings. The summed E-state index contributed by atoms with van der Waals surface area (Å²) in [4.78, 5) is 48.2. The minimum absolute atomic E-state index is 0.125. The zero-order valence-corrected chi connectivity index (χ0v) is 17.4. The van der Waals surface area contributed by atoms with Crippen LogP contribution in [0.4, 0.5) is 4.79 Å². The van der Waals surface area contributed by atoms with Crippen LogP contribution in [-0.4, -0.2) is 81.7 Å². The fourth-order valence-electron chi connectivity index (χ4n) is 3.53. The highest BCUT2D eigenvalue weighted by Crippen LogP contribution is 2.46. The Bertz CT molecular complexity index is 1080. The molecule has 4 N–H and O–H groups in total. The summed E-state index contributed by atoms with van der Waals surface area (Å²) in [6.07, 6.45) is -1.55. The number of carboxylic acids is 1. The number of β-lactam (4-membered cyclic amide) rings is 1. The number of nitrogens with one attached hydrogen (secondary N) is 1. The molecule has 2 saturated heterocycles. The number of aromatic hydroxyl groups is 2. The number of fused-ring (bicyclic) bond motifs is 1. The summed E-state index contributed by atoms with van der Waals surface area (Å²) in [6.45, 7) is -0.413. The quantitative estimate of drug-likeness (QED) is 0.244. The maximum absolute atomic E-state index is 12.7. The van der Waals surface area contributed by atoms with Gasteiger partial charge in [0.2, 0.25) is 5.91 Å². The number of carbonyl (C=O) groups excluding carboxylic acids is 3. The number of halogens is 1. The molecule has 3 rings (SSSR count). The zero-order chi connectivity index (χ0) is 23.3. The van der Waals surface area contributed by atoms with Crippen molar-refractivity contribution in [3.63, 3.8) is 0 Å². The molecule has 0 unspecified atom stereocenters. The average molecular weight is 477 g/mol. The first-order valence-corrected chi connectivity index (χ1v) is 10.7. The second kappa shape index (κ2) is 7.57. The van der Waals surface area contributed by atoms with Crippen molar-refractivity contribution in [3.8, 4) is 11.5 Å². The number of benzene rings is 1. The number of amides is 2. The highest BCUT2D eigenvalue weighted by Gasteiger charge is 2.70. The predicted octanol–water partition coefficient (Wildman–Crippen LogP) is -0.141. The van der Waals surface area contributed by atoms with E-state index in [1.54, 1.807) is 0 Å². The van der Waals surface area contributed by atoms with Crippen molar-refractivity contribution in [1.82, 2.24) is 10.2 Å². The van der Waals surface area contributed by atoms with Crippen LogP contribution in [0.15, 0.2) is 12.1 Å². The van der Waals surface area contributed by atoms with Gasteiger partial charge in [-0.2, -0.15) is 0 Å². The van der Waals surface area contributed by atoms with Gasteiger partial charge >= 0.3 is 12.1 Å². The number of carboxylic acid groups (broad SMARTS) is 1. The first-order valence-electron chi connectivity index (χ1n) is 8.74. The van der Waals surface area contributed by atoms with Gasteiger partial charge in [-0.3, -0.25) is 9.59 Å². The second-order valence-electron chi connectivity index (χ2n) is 7.24. The summed E-state index contributed by atoms with van der Waals surface area (Å²) in [5.41, 5.74) is -0.125. The van der Waals surface area contributed by atoms with Gasteiger partial charge in [-0.1, -0.05) is 11.6 Å². The lowest BCUT2D eigenvalue weighted by molar-refractivity contribution is -0.158. The fourth-order valence-corrected chi connectivity index (χ4v) is 6.02. The number of Topliss-reactive ketones (excluding diaryl/α,β-unsaturated/α-hetero) is 1. The number of carbonyl (C=O) groups is 4. The number of phenolic OH excluding ortho intramolecular Hbond substituents is 2. The van der Waals surface area contributed by atoms with Gasteiger partial charge in [0.05, 0.1) is 18.0 Å². The molecule has 0 aromatic heterocycles. The summed E-state index contributed by atoms with van der Waals surface area (Å²) in [7, 11) is -4.15. The molecule has 1 aromatic rings. The number of rotatable bonds is 6. The molecule has 31 heavy (non-hydrogen) atoms. The summed E-state index contributed by atoms with van der Waals surface area (Å²) < 4.78 is 28.2. The normalized spacial score (nSPS) is 26.0. The van der Waals surface area contributed by atoms with E-state index in [1.807, 2.05) is 0 Å². The fraction of sp³-hybridized carbons (Fsp3) is 0.412. The van der Waals surface area contributed by atoms with Crippen LogP contribution in [0, 0.1) is 0 Å². The molecule has 168 valence electrons. The van der Waals surface area contributed by atoms with Crippen molar-refractivity contribution in [3.05, 3.63) is 22.7 Å². The molecule has 2 heterocycles. The maximum atomic E-state index is 12.7. The molecule has 2 fully saturated rings. The van der Waals surface area contributed by atoms with Crippen LogP contribution >= 0.6 is 11.6 Å². The summed E-state index contributed by atoms with van der Waals surface area (Å²) in [6, 6.07) is 0.276. The summed E-state index contributed by atoms with van der Waals surface area (Å²) in [5.74, 6) is -4.16. The van der Waals surface area contributed by atoms with Gasteiger partial charge in [0.25, 0.3) is 0 Å². The van der Waals surface area contributed by atoms with E-state index in [9.17, 15) is 42.9 Å². The second-order valence-corrected chi connectivity index (χ2v) is 10.2. The van der Waals surface area contributed by atoms with Crippen LogP contribution in [0.2, 0.25) is 5.02 Å². The third-order valence-corrected chi connectivity index (χ3v) is 8.33. The summed E-state index contributed by atoms with van der Waals surface area (Å²) >= 11 is 5.66. The van der Waals surface area contributed by atoms with Crippen molar-refractivity contribution >= 4 is 45.2 Å². The lowest BCUT2D eigenvalue weighted by atomic mass is 9.97. The topological polar surface area (TPSA) is 188 Å². The molecule has 0 aliphatic carbocycles. The Morgan fingerprint density at radius 2 is 1.97 bits per heavy atom. The molecular weight excluding hydrogens is 460 g/mol. The van der Waals surface area contributed by atoms with E-state index < -0.39 is 74.4 Å². The lowest BCUT2D eigenvalue weighted by Gasteiger charge is -2.35. The number of sulfone groups is 1. The number of hydrogen-bond acceptors (Lipinski definition) is 9. The van der Waals surface area contributed by atoms with Gasteiger partial charge in [0, 0.05) is 5.56 Å². The number of hydrogen-bond donors (Lipinski definition) is 4. The molecule has 3 atom stereocenters. The Morgan fingerprint density at radius 1 is 1.32 bits per heavy atom. The highest BCUT2D eigenvalue weighted by molar-refractivity contribution is 7.94. The molecule has 0 radical (unpaired) electrons. The minimum Gasteiger partial charge on any atom is -0.504 e. The number of alkyl carbamates (subject to hydrolysis) is 1. The van der Waals surface area contributed by atoms with Gasteiger partial charge in [0.1, 0.15) is 16.7 Å². The van der Waals surface area contributed by atoms with Gasteiger partial charge in [-0.25, -0.2) is 18.0 Å². The van der Waals surface area contributed by atoms with Gasteiger partial charge in [-0.15, -0.1) is 0 Å². The lowest BCUT2D eigenvalue weighted by Crippen LogP contribution is -2.58. The van der Waals surface area contributed by atoms with E-state index in [1.165, 1.54) is 0 Å². The molecule has 14 heteroatoms. The first kappa shape index (κ1) is 22.6. The van der Waals surface area contributed by atoms with Gasteiger partial charge in [0.15, 0.2) is 33.2 Å². The predicted molar refractivity (Wildman–Crippen MR) is 102 cm³/mol. The number of aliphatic carboxylic acids is 1. The smallest absolute Gasteiger partial charge is 0.407 e. The average Bonchev–Trinajstić information content (AvgIpc) is 2.83. The standard InChI is InChI=1S/C17H17ClN2O10S/c1-17(14(15(25)26)20-11(23)4-12(20)31(17,28)29)6-30-16(27)19-5-10(22)7-2-8(18)13(24)9(21)3-7/h2-3,12,14,21,24H,4-6H2,1H3,(H,19,27)(H,25,26)/t12-,14+,17+/m1/s1. The third-order valence-electron chi connectivity index (χ3n) is 5.29. The van der Waals surface area contributed by atoms with E-state index in [4.69, 9.17) is 16.3 Å². The SMILES string of the molecule is C[C@]1(COC(=O)NCC(=O)c2cc(O)c(O)c(Cl)c2)[C@H](C(=O)O)N2C(=O)C[C@H]2S1(=O)=O. The maximum Gasteiger partial charge on any atom is 0.407 e. The Hall–Kier alpha value is -3.06. The molecule has 1 aromatic carbocycles. The van der Waals surface area contributed by atoms with Gasteiger partial charge < -0.3 is 30.3 Å². The zero-order valence-electron chi connectivity index (χ0n) is 15.9. The van der Waals surface area contributed by atoms with Crippen molar-refractivity contribution in [2.24, 2.45) is 0 Å². The Kier molecular flexibility index (Phi) is 5.52. The van der Waals surface area contributed by atoms with Crippen molar-refractivity contribution in [2.75, 3.05) is 13.2 Å². The minimum atomic E-state index is -4.15. The first-order chi connectivity index (χ1) is 14.3. The largest absolute Gasteiger partial charge is 0.504 e. The summed E-state index contributed by atoms with van der Waals surface area (Å²) in [5, 5.41) is 28.8. The number of phenols is 2. The molecule has 0 spiro atoms. The van der Waals surface area contributed by atoms with Gasteiger partial charge in [-0.05, 0) is 19.1 Å². The Morgan fingerprint density at radius 3 is 2.52 bits per heavy atom. The molecule has 12 nitrogen and oxygen atoms in total. The van der Waals surface area contributed by atoms with Crippen molar-refractivity contribution in [2.45, 2.75) is 29.5 Å². The van der Waals surface area contributed by atoms with Crippen LogP contribution in [0.25, 0.3) is 0 Å². The third kappa shape index (κ3) is 3.53. The number of nitrogens with zero attached hydrogens (tertiary/aromatic N) is 1. The van der Waals surface area contributed by atoms with E-state index in [-0.39, 0.29) is 17.0 Å². The van der Waals surface area contributed by atoms with E-state index in [0.29, 0.717) is 0 Å². The van der Waals surface area contributed by atoms with Crippen molar-refractivity contribution < 1.29 is 47.7 Å².